The minimum atomic E-state index is 1.08. The predicted molar refractivity (Wildman–Crippen MR) is 68.8 cm³/mol. The summed E-state index contributed by atoms with van der Waals surface area (Å²) in [7, 11) is 0. The minimum absolute atomic E-state index is 1.08. The van der Waals surface area contributed by atoms with Crippen LogP contribution in [0.25, 0.3) is 11.1 Å². The molecule has 16 heavy (non-hydrogen) atoms. The summed E-state index contributed by atoms with van der Waals surface area (Å²) < 4.78 is 0. The van der Waals surface area contributed by atoms with Gasteiger partial charge in [-0.05, 0) is 47.7 Å². The summed E-state index contributed by atoms with van der Waals surface area (Å²) in [5.74, 6) is 0. The van der Waals surface area contributed by atoms with Gasteiger partial charge in [-0.2, -0.15) is 0 Å². The maximum atomic E-state index is 3.39. The molecule has 0 amide bonds. The van der Waals surface area contributed by atoms with Crippen molar-refractivity contribution in [2.24, 2.45) is 0 Å². The number of benzene rings is 2. The van der Waals surface area contributed by atoms with Crippen molar-refractivity contribution in [1.29, 1.82) is 0 Å². The fourth-order valence-electron chi connectivity index (χ4n) is 2.37. The van der Waals surface area contributed by atoms with Gasteiger partial charge in [0.15, 0.2) is 0 Å². The Morgan fingerprint density at radius 2 is 1.94 bits per heavy atom. The Bertz CT molecular complexity index is 529. The lowest BCUT2D eigenvalue weighted by Gasteiger charge is -2.07. The fraction of sp³-hybridized carbons (Fsp3) is 0.200. The maximum absolute atomic E-state index is 3.39. The zero-order chi connectivity index (χ0) is 11.0. The van der Waals surface area contributed by atoms with Gasteiger partial charge in [-0.3, -0.25) is 0 Å². The molecule has 0 spiro atoms. The van der Waals surface area contributed by atoms with Crippen molar-refractivity contribution in [3.8, 4) is 11.1 Å². The van der Waals surface area contributed by atoms with E-state index in [0.717, 1.165) is 13.0 Å². The van der Waals surface area contributed by atoms with Crippen LogP contribution >= 0.6 is 0 Å². The Morgan fingerprint density at radius 1 is 1.06 bits per heavy atom. The maximum Gasteiger partial charge on any atom is 0.0373 e. The highest BCUT2D eigenvalue weighted by Crippen LogP contribution is 2.29. The molecular weight excluding hydrogens is 194 g/mol. The van der Waals surface area contributed by atoms with Crippen LogP contribution in [0.15, 0.2) is 42.5 Å². The van der Waals surface area contributed by atoms with Crippen molar-refractivity contribution in [3.63, 3.8) is 0 Å². The molecule has 3 rings (SSSR count). The highest BCUT2D eigenvalue weighted by Gasteiger charge is 2.11. The second-order valence-corrected chi connectivity index (χ2v) is 4.36. The van der Waals surface area contributed by atoms with Crippen LogP contribution in [-0.4, -0.2) is 6.54 Å². The highest BCUT2D eigenvalue weighted by atomic mass is 14.9. The Hall–Kier alpha value is -1.76. The molecule has 0 unspecified atom stereocenters. The van der Waals surface area contributed by atoms with Gasteiger partial charge in [0.05, 0.1) is 0 Å². The molecule has 0 atom stereocenters. The molecule has 0 bridgehead atoms. The third kappa shape index (κ3) is 1.49. The van der Waals surface area contributed by atoms with E-state index in [9.17, 15) is 0 Å². The molecule has 1 aliphatic rings. The minimum Gasteiger partial charge on any atom is -0.384 e. The van der Waals surface area contributed by atoms with Crippen LogP contribution in [-0.2, 0) is 6.42 Å². The Labute approximate surface area is 96.1 Å². The van der Waals surface area contributed by atoms with E-state index in [1.165, 1.54) is 27.9 Å². The van der Waals surface area contributed by atoms with Gasteiger partial charge in [0.25, 0.3) is 0 Å². The number of hydrogen-bond donors (Lipinski definition) is 1. The highest BCUT2D eigenvalue weighted by molar-refractivity contribution is 5.72. The largest absolute Gasteiger partial charge is 0.384 e. The lowest BCUT2D eigenvalue weighted by Crippen LogP contribution is -1.90. The van der Waals surface area contributed by atoms with Crippen LogP contribution in [0.4, 0.5) is 5.69 Å². The zero-order valence-corrected chi connectivity index (χ0v) is 9.46. The van der Waals surface area contributed by atoms with Crippen LogP contribution in [0.5, 0.6) is 0 Å². The summed E-state index contributed by atoms with van der Waals surface area (Å²) in [5, 5.41) is 3.39. The predicted octanol–water partition coefficient (Wildman–Crippen LogP) is 3.63. The Morgan fingerprint density at radius 3 is 2.81 bits per heavy atom. The molecule has 0 saturated carbocycles. The average molecular weight is 209 g/mol. The molecule has 80 valence electrons. The molecule has 2 aromatic rings. The number of nitrogens with one attached hydrogen (secondary N) is 1. The SMILES string of the molecule is Cc1ccccc1-c1ccc2c(c1)CCN2. The van der Waals surface area contributed by atoms with Crippen LogP contribution in [0, 0.1) is 6.92 Å². The summed E-state index contributed by atoms with van der Waals surface area (Å²) in [6, 6.07) is 15.3. The van der Waals surface area contributed by atoms with E-state index in [1.54, 1.807) is 0 Å². The fourth-order valence-corrected chi connectivity index (χ4v) is 2.37. The third-order valence-electron chi connectivity index (χ3n) is 3.27. The van der Waals surface area contributed by atoms with Crippen molar-refractivity contribution in [2.45, 2.75) is 13.3 Å². The van der Waals surface area contributed by atoms with E-state index < -0.39 is 0 Å². The Kier molecular flexibility index (Phi) is 2.17. The average Bonchev–Trinajstić information content (AvgIpc) is 2.76. The van der Waals surface area contributed by atoms with E-state index in [0.29, 0.717) is 0 Å². The Balaban J connectivity index is 2.11. The van der Waals surface area contributed by atoms with E-state index in [2.05, 4.69) is 54.7 Å². The quantitative estimate of drug-likeness (QED) is 0.756. The molecule has 0 fully saturated rings. The van der Waals surface area contributed by atoms with Crippen molar-refractivity contribution >= 4 is 5.69 Å². The third-order valence-corrected chi connectivity index (χ3v) is 3.27. The van der Waals surface area contributed by atoms with Crippen LogP contribution in [0.2, 0.25) is 0 Å². The molecule has 1 heteroatoms. The smallest absolute Gasteiger partial charge is 0.0373 e. The monoisotopic (exact) mass is 209 g/mol. The van der Waals surface area contributed by atoms with Crippen molar-refractivity contribution in [2.75, 3.05) is 11.9 Å². The van der Waals surface area contributed by atoms with Gasteiger partial charge in [0.2, 0.25) is 0 Å². The topological polar surface area (TPSA) is 12.0 Å². The zero-order valence-electron chi connectivity index (χ0n) is 9.46. The van der Waals surface area contributed by atoms with Gasteiger partial charge < -0.3 is 5.32 Å². The molecule has 1 N–H and O–H groups in total. The second-order valence-electron chi connectivity index (χ2n) is 4.36. The van der Waals surface area contributed by atoms with Crippen molar-refractivity contribution in [3.05, 3.63) is 53.6 Å². The summed E-state index contributed by atoms with van der Waals surface area (Å²) in [6.45, 7) is 3.24. The van der Waals surface area contributed by atoms with Gasteiger partial charge in [0, 0.05) is 12.2 Å². The molecule has 1 heterocycles. The first kappa shape index (κ1) is 9.46. The van der Waals surface area contributed by atoms with E-state index in [-0.39, 0.29) is 0 Å². The van der Waals surface area contributed by atoms with E-state index in [1.807, 2.05) is 0 Å². The van der Waals surface area contributed by atoms with Crippen molar-refractivity contribution in [1.82, 2.24) is 0 Å². The first-order chi connectivity index (χ1) is 7.84. The van der Waals surface area contributed by atoms with Gasteiger partial charge in [0.1, 0.15) is 0 Å². The molecule has 0 aliphatic carbocycles. The van der Waals surface area contributed by atoms with E-state index in [4.69, 9.17) is 0 Å². The van der Waals surface area contributed by atoms with Gasteiger partial charge >= 0.3 is 0 Å². The summed E-state index contributed by atoms with van der Waals surface area (Å²) in [6.07, 6.45) is 1.15. The lowest BCUT2D eigenvalue weighted by molar-refractivity contribution is 1.11. The summed E-state index contributed by atoms with van der Waals surface area (Å²) in [4.78, 5) is 0. The molecule has 0 radical (unpaired) electrons. The van der Waals surface area contributed by atoms with Crippen LogP contribution in [0.1, 0.15) is 11.1 Å². The number of hydrogen-bond acceptors (Lipinski definition) is 1. The molecule has 0 saturated heterocycles. The molecule has 1 aliphatic heterocycles. The number of aryl methyl sites for hydroxylation is 1. The molecule has 1 nitrogen and oxygen atoms in total. The van der Waals surface area contributed by atoms with Crippen LogP contribution in [0.3, 0.4) is 0 Å². The van der Waals surface area contributed by atoms with Crippen LogP contribution < -0.4 is 5.32 Å². The van der Waals surface area contributed by atoms with Gasteiger partial charge in [-0.25, -0.2) is 0 Å². The number of fused-ring (bicyclic) bond motifs is 1. The molecular formula is C15H15N. The van der Waals surface area contributed by atoms with Gasteiger partial charge in [-0.1, -0.05) is 30.3 Å². The summed E-state index contributed by atoms with van der Waals surface area (Å²) in [5.41, 5.74) is 6.77. The van der Waals surface area contributed by atoms with E-state index >= 15 is 0 Å². The first-order valence-electron chi connectivity index (χ1n) is 5.77. The molecule has 0 aromatic heterocycles. The first-order valence-corrected chi connectivity index (χ1v) is 5.77. The number of rotatable bonds is 1. The standard InChI is InChI=1S/C15H15N/c1-11-4-2-3-5-14(11)12-6-7-15-13(10-12)8-9-16-15/h2-7,10,16H,8-9H2,1H3. The number of anilines is 1. The normalized spacial score (nSPS) is 13.3. The second kappa shape index (κ2) is 3.67. The lowest BCUT2D eigenvalue weighted by atomic mass is 9.98. The van der Waals surface area contributed by atoms with Gasteiger partial charge in [-0.15, -0.1) is 0 Å². The van der Waals surface area contributed by atoms with Crippen molar-refractivity contribution < 1.29 is 0 Å². The summed E-state index contributed by atoms with van der Waals surface area (Å²) >= 11 is 0. The molecule has 2 aromatic carbocycles.